The van der Waals surface area contributed by atoms with E-state index in [1.807, 2.05) is 13.8 Å². The largest absolute Gasteiger partial charge is 0.345 e. The average molecular weight is 237 g/mol. The molecule has 0 bridgehead atoms. The minimum Gasteiger partial charge on any atom is -0.345 e. The number of aromatic amines is 1. The van der Waals surface area contributed by atoms with Gasteiger partial charge in [0.25, 0.3) is 5.91 Å². The zero-order valence-corrected chi connectivity index (χ0v) is 10.2. The predicted octanol–water partition coefficient (Wildman–Crippen LogP) is 0.395. The van der Waals surface area contributed by atoms with Crippen LogP contribution in [-0.4, -0.2) is 33.7 Å². The minimum absolute atomic E-state index is 0.0588. The van der Waals surface area contributed by atoms with Crippen molar-refractivity contribution in [3.63, 3.8) is 0 Å². The van der Waals surface area contributed by atoms with Crippen molar-refractivity contribution >= 4 is 5.91 Å². The molecule has 94 valence electrons. The van der Waals surface area contributed by atoms with Crippen LogP contribution in [0, 0.1) is 5.92 Å². The monoisotopic (exact) mass is 237 g/mol. The van der Waals surface area contributed by atoms with Gasteiger partial charge in [-0.05, 0) is 18.8 Å². The Bertz CT molecular complexity index is 396. The predicted molar refractivity (Wildman–Crippen MR) is 63.5 cm³/mol. The summed E-state index contributed by atoms with van der Waals surface area (Å²) in [5.74, 6) is 1.46. The quantitative estimate of drug-likeness (QED) is 0.690. The lowest BCUT2D eigenvalue weighted by Crippen LogP contribution is -2.42. The van der Waals surface area contributed by atoms with Gasteiger partial charge in [-0.3, -0.25) is 9.89 Å². The van der Waals surface area contributed by atoms with Crippen LogP contribution in [0.2, 0.25) is 0 Å². The van der Waals surface area contributed by atoms with E-state index in [0.717, 1.165) is 18.7 Å². The smallest absolute Gasteiger partial charge is 0.291 e. The van der Waals surface area contributed by atoms with Crippen LogP contribution < -0.4 is 11.1 Å². The van der Waals surface area contributed by atoms with E-state index in [0.29, 0.717) is 12.5 Å². The van der Waals surface area contributed by atoms with Gasteiger partial charge in [0, 0.05) is 18.5 Å². The van der Waals surface area contributed by atoms with Crippen molar-refractivity contribution in [2.45, 2.75) is 38.6 Å². The van der Waals surface area contributed by atoms with Gasteiger partial charge < -0.3 is 11.1 Å². The van der Waals surface area contributed by atoms with Crippen molar-refractivity contribution in [3.05, 3.63) is 11.6 Å². The molecule has 0 saturated heterocycles. The number of nitrogens with zero attached hydrogens (tertiary/aromatic N) is 2. The molecular weight excluding hydrogens is 218 g/mol. The van der Waals surface area contributed by atoms with Crippen molar-refractivity contribution in [2.24, 2.45) is 11.7 Å². The second-order valence-corrected chi connectivity index (χ2v) is 4.85. The highest BCUT2D eigenvalue weighted by atomic mass is 16.2. The van der Waals surface area contributed by atoms with Crippen LogP contribution in [0.1, 0.15) is 49.1 Å². The summed E-state index contributed by atoms with van der Waals surface area (Å²) in [4.78, 5) is 16.0. The van der Waals surface area contributed by atoms with Crippen LogP contribution in [0.5, 0.6) is 0 Å². The lowest BCUT2D eigenvalue weighted by atomic mass is 10.2. The van der Waals surface area contributed by atoms with Crippen molar-refractivity contribution in [2.75, 3.05) is 6.54 Å². The molecule has 1 fully saturated rings. The molecule has 1 aliphatic rings. The van der Waals surface area contributed by atoms with E-state index in [-0.39, 0.29) is 23.7 Å². The molecule has 6 heteroatoms. The molecule has 1 aromatic heterocycles. The van der Waals surface area contributed by atoms with Crippen molar-refractivity contribution in [3.8, 4) is 0 Å². The summed E-state index contributed by atoms with van der Waals surface area (Å²) >= 11 is 0. The Morgan fingerprint density at radius 1 is 1.59 bits per heavy atom. The van der Waals surface area contributed by atoms with E-state index in [1.54, 1.807) is 0 Å². The molecule has 4 N–H and O–H groups in total. The van der Waals surface area contributed by atoms with Gasteiger partial charge in [0.2, 0.25) is 5.82 Å². The van der Waals surface area contributed by atoms with Gasteiger partial charge in [-0.25, -0.2) is 4.98 Å². The van der Waals surface area contributed by atoms with E-state index in [1.165, 1.54) is 0 Å². The molecule has 1 unspecified atom stereocenters. The van der Waals surface area contributed by atoms with Crippen LogP contribution in [0.4, 0.5) is 0 Å². The molecule has 1 heterocycles. The van der Waals surface area contributed by atoms with Gasteiger partial charge in [0.05, 0.1) is 0 Å². The van der Waals surface area contributed by atoms with Crippen molar-refractivity contribution in [1.82, 2.24) is 20.5 Å². The summed E-state index contributed by atoms with van der Waals surface area (Å²) in [5, 5.41) is 9.57. The summed E-state index contributed by atoms with van der Waals surface area (Å²) < 4.78 is 0. The third-order valence-electron chi connectivity index (χ3n) is 3.01. The molecule has 1 aromatic rings. The number of H-pyrrole nitrogens is 1. The molecule has 1 saturated carbocycles. The number of carbonyl (C=O) groups is 1. The van der Waals surface area contributed by atoms with E-state index < -0.39 is 0 Å². The van der Waals surface area contributed by atoms with E-state index in [4.69, 9.17) is 5.73 Å². The Kier molecular flexibility index (Phi) is 3.42. The van der Waals surface area contributed by atoms with E-state index in [9.17, 15) is 4.79 Å². The molecule has 1 aliphatic carbocycles. The minimum atomic E-state index is -0.240. The molecule has 0 aromatic carbocycles. The van der Waals surface area contributed by atoms with Gasteiger partial charge in [-0.15, -0.1) is 5.10 Å². The third-order valence-corrected chi connectivity index (χ3v) is 3.01. The Morgan fingerprint density at radius 3 is 2.76 bits per heavy atom. The normalized spacial score (nSPS) is 17.2. The molecule has 17 heavy (non-hydrogen) atoms. The van der Waals surface area contributed by atoms with Crippen LogP contribution in [-0.2, 0) is 0 Å². The van der Waals surface area contributed by atoms with Gasteiger partial charge >= 0.3 is 0 Å². The first-order valence-corrected chi connectivity index (χ1v) is 6.05. The maximum atomic E-state index is 11.9. The summed E-state index contributed by atoms with van der Waals surface area (Å²) in [6.07, 6.45) is 2.29. The summed E-state index contributed by atoms with van der Waals surface area (Å²) in [6, 6.07) is 0.0588. The van der Waals surface area contributed by atoms with Crippen LogP contribution in [0.3, 0.4) is 0 Å². The van der Waals surface area contributed by atoms with Crippen molar-refractivity contribution in [1.29, 1.82) is 0 Å². The summed E-state index contributed by atoms with van der Waals surface area (Å²) in [5.41, 5.74) is 5.63. The molecule has 0 aliphatic heterocycles. The van der Waals surface area contributed by atoms with Crippen molar-refractivity contribution < 1.29 is 4.79 Å². The lowest BCUT2D eigenvalue weighted by Gasteiger charge is -2.14. The maximum absolute atomic E-state index is 11.9. The number of nitrogens with two attached hydrogens (primary N) is 1. The number of carbonyl (C=O) groups excluding carboxylic acids is 1. The van der Waals surface area contributed by atoms with E-state index in [2.05, 4.69) is 20.5 Å². The average Bonchev–Trinajstić information content (AvgIpc) is 3.01. The molecule has 6 nitrogen and oxygen atoms in total. The fourth-order valence-corrected chi connectivity index (χ4v) is 1.73. The second kappa shape index (κ2) is 4.83. The molecule has 1 amide bonds. The molecular formula is C11H19N5O. The summed E-state index contributed by atoms with van der Waals surface area (Å²) in [7, 11) is 0. The second-order valence-electron chi connectivity index (χ2n) is 4.85. The lowest BCUT2D eigenvalue weighted by molar-refractivity contribution is 0.0923. The Hall–Kier alpha value is -1.43. The first kappa shape index (κ1) is 12.0. The Morgan fingerprint density at radius 2 is 2.29 bits per heavy atom. The zero-order chi connectivity index (χ0) is 12.4. The Labute approximate surface area is 100 Å². The number of hydrogen-bond donors (Lipinski definition) is 3. The highest BCUT2D eigenvalue weighted by Crippen LogP contribution is 2.32. The number of amides is 1. The number of hydrogen-bond acceptors (Lipinski definition) is 4. The number of rotatable bonds is 5. The summed E-state index contributed by atoms with van der Waals surface area (Å²) in [6.45, 7) is 4.46. The SMILES string of the molecule is CC(C)c1nc(C(=O)NC(CN)C2CC2)n[nH]1. The highest BCUT2D eigenvalue weighted by molar-refractivity contribution is 5.90. The highest BCUT2D eigenvalue weighted by Gasteiger charge is 2.32. The van der Waals surface area contributed by atoms with Crippen LogP contribution in [0.15, 0.2) is 0 Å². The Balaban J connectivity index is 1.98. The number of nitrogens with one attached hydrogen (secondary N) is 2. The molecule has 1 atom stereocenters. The standard InChI is InChI=1S/C11H19N5O/c1-6(2)9-14-10(16-15-9)11(17)13-8(5-12)7-3-4-7/h6-8H,3-5,12H2,1-2H3,(H,13,17)(H,14,15,16). The third kappa shape index (κ3) is 2.82. The molecule has 0 radical (unpaired) electrons. The number of aromatic nitrogens is 3. The molecule has 2 rings (SSSR count). The fourth-order valence-electron chi connectivity index (χ4n) is 1.73. The van der Waals surface area contributed by atoms with Crippen LogP contribution >= 0.6 is 0 Å². The van der Waals surface area contributed by atoms with Gasteiger partial charge in [-0.2, -0.15) is 0 Å². The van der Waals surface area contributed by atoms with Gasteiger partial charge in [-0.1, -0.05) is 13.8 Å². The molecule has 0 spiro atoms. The van der Waals surface area contributed by atoms with Gasteiger partial charge in [0.15, 0.2) is 0 Å². The first-order chi connectivity index (χ1) is 8.11. The van der Waals surface area contributed by atoms with Gasteiger partial charge in [0.1, 0.15) is 5.82 Å². The fraction of sp³-hybridized carbons (Fsp3) is 0.727. The van der Waals surface area contributed by atoms with E-state index >= 15 is 0 Å². The van der Waals surface area contributed by atoms with Crippen LogP contribution in [0.25, 0.3) is 0 Å². The first-order valence-electron chi connectivity index (χ1n) is 6.05. The topological polar surface area (TPSA) is 96.7 Å². The maximum Gasteiger partial charge on any atom is 0.291 e. The zero-order valence-electron chi connectivity index (χ0n) is 10.2.